The molecular weight excluding hydrogens is 718 g/mol. The predicted octanol–water partition coefficient (Wildman–Crippen LogP) is 3.96. The molecule has 0 spiro atoms. The van der Waals surface area contributed by atoms with Gasteiger partial charge in [-0.1, -0.05) is 52.0 Å². The van der Waals surface area contributed by atoms with Gasteiger partial charge in [-0.3, -0.25) is 38.4 Å². The molecule has 0 saturated carbocycles. The summed E-state index contributed by atoms with van der Waals surface area (Å²) in [5, 5.41) is 23.6. The van der Waals surface area contributed by atoms with E-state index in [0.29, 0.717) is 6.29 Å². The van der Waals surface area contributed by atoms with Gasteiger partial charge in [0.1, 0.15) is 36.1 Å². The van der Waals surface area contributed by atoms with E-state index in [2.05, 4.69) is 5.32 Å². The molecule has 296 valence electrons. The number of amides is 1. The fourth-order valence-corrected chi connectivity index (χ4v) is 6.77. The number of carbonyl (C=O) groups is 8. The summed E-state index contributed by atoms with van der Waals surface area (Å²) >= 11 is 0. The summed E-state index contributed by atoms with van der Waals surface area (Å²) in [5.41, 5.74) is -1.73. The van der Waals surface area contributed by atoms with E-state index >= 15 is 0 Å². The Balaban J connectivity index is 1.87. The number of phenols is 1. The highest BCUT2D eigenvalue weighted by molar-refractivity contribution is 6.30. The van der Waals surface area contributed by atoms with Crippen LogP contribution in [0, 0.1) is 30.6 Å². The average Bonchev–Trinajstić information content (AvgIpc) is 3.34. The van der Waals surface area contributed by atoms with E-state index in [0.717, 1.165) is 13.0 Å². The number of rotatable bonds is 15. The normalized spacial score (nSPS) is 20.6. The molecule has 3 rings (SSSR count). The van der Waals surface area contributed by atoms with Gasteiger partial charge in [-0.15, -0.1) is 0 Å². The number of fused-ring (bicyclic) bond motifs is 3. The molecule has 1 aromatic rings. The number of ether oxygens (including phenoxy) is 4. The van der Waals surface area contributed by atoms with Gasteiger partial charge in [0.05, 0.1) is 22.4 Å². The third-order valence-electron chi connectivity index (χ3n) is 9.48. The molecule has 0 fully saturated rings. The Morgan fingerprint density at radius 3 is 1.78 bits per heavy atom. The molecule has 0 bridgehead atoms. The van der Waals surface area contributed by atoms with E-state index < -0.39 is 112 Å². The fourth-order valence-electron chi connectivity index (χ4n) is 6.77. The van der Waals surface area contributed by atoms with Crippen LogP contribution < -0.4 is 10.1 Å². The van der Waals surface area contributed by atoms with Crippen LogP contribution in [-0.2, 0) is 38.2 Å². The Bertz CT molecular complexity index is 1920. The number of aromatic hydroxyl groups is 1. The molecule has 1 aliphatic carbocycles. The standard InChI is InChI=1S/C40H47NO14/c1-18(34(52-24(7)43)22(5)36(54-26(9)45)23(6)35(53-25(8)44)19(2)15-12-16-42)13-11-14-20(3)39(50)41-27-17-28(46)29-30(33(27)48)32(47)21(4)37-31(29)38(49)40(10,51)55-37/h11-19,22-23,34-36,47,51H,1-10H3,(H,41,50)/b13-11+,15-12+,20-14+. The van der Waals surface area contributed by atoms with Crippen molar-refractivity contribution >= 4 is 47.5 Å². The largest absolute Gasteiger partial charge is 0.507 e. The van der Waals surface area contributed by atoms with Crippen molar-refractivity contribution in [3.63, 3.8) is 0 Å². The van der Waals surface area contributed by atoms with Crippen molar-refractivity contribution in [2.45, 2.75) is 93.3 Å². The maximum atomic E-state index is 13.5. The second-order valence-corrected chi connectivity index (χ2v) is 14.0. The predicted molar refractivity (Wildman–Crippen MR) is 195 cm³/mol. The number of ketones is 3. The zero-order valence-electron chi connectivity index (χ0n) is 32.4. The van der Waals surface area contributed by atoms with Crippen molar-refractivity contribution in [3.05, 3.63) is 70.0 Å². The first-order valence-corrected chi connectivity index (χ1v) is 17.5. The Hall–Kier alpha value is -5.70. The quantitative estimate of drug-likeness (QED) is 0.0756. The summed E-state index contributed by atoms with van der Waals surface area (Å²) in [4.78, 5) is 100. The lowest BCUT2D eigenvalue weighted by molar-refractivity contribution is -0.172. The number of benzene rings is 1. The van der Waals surface area contributed by atoms with Gasteiger partial charge in [0.15, 0.2) is 5.78 Å². The number of aliphatic hydroxyl groups is 1. The molecular formula is C40H47NO14. The van der Waals surface area contributed by atoms with Gasteiger partial charge in [0.2, 0.25) is 11.6 Å². The van der Waals surface area contributed by atoms with Crippen LogP contribution in [0.3, 0.4) is 0 Å². The molecule has 8 atom stereocenters. The number of nitrogens with one attached hydrogen (secondary N) is 1. The monoisotopic (exact) mass is 765 g/mol. The Kier molecular flexibility index (Phi) is 14.0. The molecule has 3 N–H and O–H groups in total. The van der Waals surface area contributed by atoms with Gasteiger partial charge in [-0.2, -0.15) is 0 Å². The Morgan fingerprint density at radius 2 is 1.29 bits per heavy atom. The highest BCUT2D eigenvalue weighted by atomic mass is 16.6. The molecule has 15 heteroatoms. The second-order valence-electron chi connectivity index (χ2n) is 14.0. The zero-order valence-corrected chi connectivity index (χ0v) is 32.4. The topological polar surface area (TPSA) is 226 Å². The number of phenolic OH excluding ortho intramolecular Hbond substituents is 1. The number of carbonyl (C=O) groups excluding carboxylic acids is 8. The Labute approximate surface area is 318 Å². The van der Waals surface area contributed by atoms with Crippen molar-refractivity contribution in [2.24, 2.45) is 23.7 Å². The van der Waals surface area contributed by atoms with Gasteiger partial charge in [-0.25, -0.2) is 0 Å². The van der Waals surface area contributed by atoms with Crippen LogP contribution in [0.4, 0.5) is 0 Å². The molecule has 0 aromatic heterocycles. The number of hydrogen-bond acceptors (Lipinski definition) is 14. The van der Waals surface area contributed by atoms with Gasteiger partial charge < -0.3 is 34.5 Å². The minimum Gasteiger partial charge on any atom is -0.507 e. The number of Topliss-reactive ketones (excluding diaryl/α,β-unsaturated/α-hetero) is 2. The van der Waals surface area contributed by atoms with Crippen molar-refractivity contribution in [1.29, 1.82) is 0 Å². The van der Waals surface area contributed by atoms with Gasteiger partial charge >= 0.3 is 17.9 Å². The van der Waals surface area contributed by atoms with Crippen LogP contribution in [0.25, 0.3) is 0 Å². The fraction of sp³-hybridized carbons (Fsp3) is 0.450. The van der Waals surface area contributed by atoms with E-state index in [1.807, 2.05) is 0 Å². The highest BCUT2D eigenvalue weighted by Crippen LogP contribution is 2.46. The maximum Gasteiger partial charge on any atom is 0.302 e. The zero-order chi connectivity index (χ0) is 41.7. The summed E-state index contributed by atoms with van der Waals surface area (Å²) in [5.74, 6) is -10.9. The Morgan fingerprint density at radius 1 is 0.800 bits per heavy atom. The van der Waals surface area contributed by atoms with Crippen LogP contribution in [0.1, 0.15) is 99.0 Å². The van der Waals surface area contributed by atoms with Crippen LogP contribution in [0.15, 0.2) is 47.7 Å². The summed E-state index contributed by atoms with van der Waals surface area (Å²) in [6.45, 7) is 14.4. The molecule has 2 aliphatic rings. The molecule has 1 heterocycles. The molecule has 0 saturated heterocycles. The van der Waals surface area contributed by atoms with Crippen LogP contribution in [0.2, 0.25) is 0 Å². The first-order valence-electron chi connectivity index (χ1n) is 17.5. The lowest BCUT2D eigenvalue weighted by Crippen LogP contribution is -2.47. The minimum absolute atomic E-state index is 0.0514. The number of aldehydes is 1. The van der Waals surface area contributed by atoms with E-state index in [1.165, 1.54) is 52.8 Å². The van der Waals surface area contributed by atoms with Crippen molar-refractivity contribution in [3.8, 4) is 11.5 Å². The average molecular weight is 766 g/mol. The molecule has 1 aliphatic heterocycles. The summed E-state index contributed by atoms with van der Waals surface area (Å²) in [6, 6.07) is 0. The summed E-state index contributed by atoms with van der Waals surface area (Å²) in [6.07, 6.45) is 6.12. The van der Waals surface area contributed by atoms with Crippen LogP contribution in [-0.4, -0.2) is 81.8 Å². The van der Waals surface area contributed by atoms with Crippen molar-refractivity contribution in [2.75, 3.05) is 0 Å². The molecule has 0 radical (unpaired) electrons. The van der Waals surface area contributed by atoms with E-state index in [1.54, 1.807) is 39.8 Å². The third kappa shape index (κ3) is 9.70. The van der Waals surface area contributed by atoms with E-state index in [-0.39, 0.29) is 22.4 Å². The lowest BCUT2D eigenvalue weighted by Gasteiger charge is -2.39. The molecule has 1 amide bonds. The number of esters is 3. The molecule has 1 aromatic carbocycles. The minimum atomic E-state index is -2.31. The molecule has 8 unspecified atom stereocenters. The van der Waals surface area contributed by atoms with Crippen LogP contribution >= 0.6 is 0 Å². The first kappa shape index (κ1) is 43.7. The SMILES string of the molecule is CC(=O)OC(C(C)/C=C/C=O)C(C)C(OC(C)=O)C(C)C(OC(C)=O)C(C)/C=C/C=C(\C)C(=O)NC1=CC(=O)c2c(c(O)c(C)c3c2C(=O)C(C)(O)O3)C1=O. The molecule has 55 heavy (non-hydrogen) atoms. The van der Waals surface area contributed by atoms with Crippen molar-refractivity contribution in [1.82, 2.24) is 5.32 Å². The molecule has 15 nitrogen and oxygen atoms in total. The summed E-state index contributed by atoms with van der Waals surface area (Å²) in [7, 11) is 0. The van der Waals surface area contributed by atoms with Crippen molar-refractivity contribution < 1.29 is 67.5 Å². The van der Waals surface area contributed by atoms with E-state index in [9.17, 15) is 48.6 Å². The number of hydrogen-bond donors (Lipinski definition) is 3. The first-order chi connectivity index (χ1) is 25.5. The van der Waals surface area contributed by atoms with Gasteiger partial charge in [0.25, 0.3) is 11.7 Å². The maximum absolute atomic E-state index is 13.5. The summed E-state index contributed by atoms with van der Waals surface area (Å²) < 4.78 is 22.3. The van der Waals surface area contributed by atoms with Gasteiger partial charge in [0, 0.05) is 68.6 Å². The second kappa shape index (κ2) is 17.6. The number of allylic oxidation sites excluding steroid dienone is 5. The highest BCUT2D eigenvalue weighted by Gasteiger charge is 2.49. The third-order valence-corrected chi connectivity index (χ3v) is 9.48. The van der Waals surface area contributed by atoms with Gasteiger partial charge in [-0.05, 0) is 19.9 Å². The van der Waals surface area contributed by atoms with Crippen LogP contribution in [0.5, 0.6) is 11.5 Å². The van der Waals surface area contributed by atoms with E-state index in [4.69, 9.17) is 18.9 Å². The lowest BCUT2D eigenvalue weighted by atomic mass is 9.79. The smallest absolute Gasteiger partial charge is 0.302 e.